The number of anilines is 4. The van der Waals surface area contributed by atoms with Gasteiger partial charge < -0.3 is 44.5 Å². The number of carbonyl (C=O) groups is 5. The van der Waals surface area contributed by atoms with Gasteiger partial charge in [-0.15, -0.1) is 0 Å². The molecule has 4 heterocycles. The highest BCUT2D eigenvalue weighted by molar-refractivity contribution is 6.25. The molecule has 1 aromatic heterocycles. The fourth-order valence-electron chi connectivity index (χ4n) is 7.04. The number of piperidine rings is 1. The Kier molecular flexibility index (Phi) is 15.7. The number of hydrogen-bond acceptors (Lipinski definition) is 16. The second-order valence-corrected chi connectivity index (χ2v) is 14.2. The van der Waals surface area contributed by atoms with Crippen LogP contribution in [0.1, 0.15) is 49.5 Å². The number of ether oxygens (including phenoxy) is 5. The highest BCUT2D eigenvalue weighted by Gasteiger charge is 2.45. The third kappa shape index (κ3) is 11.1. The Labute approximate surface area is 348 Å². The van der Waals surface area contributed by atoms with Gasteiger partial charge in [-0.1, -0.05) is 6.07 Å². The van der Waals surface area contributed by atoms with Crippen molar-refractivity contribution in [1.29, 1.82) is 0 Å². The smallest absolute Gasteiger partial charge is 0.264 e. The summed E-state index contributed by atoms with van der Waals surface area (Å²) >= 11 is 0. The van der Waals surface area contributed by atoms with Gasteiger partial charge >= 0.3 is 0 Å². The standard InChI is InChI=1S/C41H53N9O10/c1-27-26-44-41(47-36(27)42-2)45-30-8-7-28(25-33(30)56-3)38(53)49-14-12-48(13-15-49)16-18-58-20-22-60-24-23-59-21-19-57-17-11-43-31-6-4-5-29-35(31)40(55)50(39(29)54)32-9-10-34(51)46-37(32)52/h4-8,25-26,32,43H,9-24H2,1-3H3,(H,46,51,52)(H2,42,44,45,47). The molecule has 2 saturated heterocycles. The Morgan fingerprint density at radius 3 is 2.25 bits per heavy atom. The molecule has 1 atom stereocenters. The van der Waals surface area contributed by atoms with Gasteiger partial charge in [-0.05, 0) is 43.7 Å². The van der Waals surface area contributed by atoms with Crippen molar-refractivity contribution >= 4 is 52.7 Å². The minimum atomic E-state index is -1.02. The van der Waals surface area contributed by atoms with Crippen LogP contribution >= 0.6 is 0 Å². The molecule has 3 aliphatic rings. The lowest BCUT2D eigenvalue weighted by Crippen LogP contribution is -2.54. The first kappa shape index (κ1) is 43.8. The molecule has 5 amide bonds. The van der Waals surface area contributed by atoms with Crippen LogP contribution in [-0.2, 0) is 28.5 Å². The summed E-state index contributed by atoms with van der Waals surface area (Å²) in [5, 5.41) is 11.6. The average molecular weight is 832 g/mol. The highest BCUT2D eigenvalue weighted by Crippen LogP contribution is 2.33. The van der Waals surface area contributed by atoms with Gasteiger partial charge in [0.1, 0.15) is 17.6 Å². The van der Waals surface area contributed by atoms with E-state index in [0.29, 0.717) is 101 Å². The van der Waals surface area contributed by atoms with Crippen molar-refractivity contribution < 1.29 is 47.7 Å². The van der Waals surface area contributed by atoms with E-state index in [2.05, 4.69) is 36.1 Å². The second kappa shape index (κ2) is 21.5. The number of carbonyl (C=O) groups excluding carboxylic acids is 5. The molecule has 4 N–H and O–H groups in total. The molecule has 0 radical (unpaired) electrons. The predicted octanol–water partition coefficient (Wildman–Crippen LogP) is 1.92. The van der Waals surface area contributed by atoms with E-state index >= 15 is 0 Å². The van der Waals surface area contributed by atoms with E-state index in [1.807, 2.05) is 11.8 Å². The first-order chi connectivity index (χ1) is 29.2. The molecule has 19 heteroatoms. The molecule has 0 bridgehead atoms. The van der Waals surface area contributed by atoms with Crippen molar-refractivity contribution in [3.05, 3.63) is 64.8 Å². The average Bonchev–Trinajstić information content (AvgIpc) is 3.51. The van der Waals surface area contributed by atoms with Gasteiger partial charge in [0.05, 0.1) is 76.8 Å². The lowest BCUT2D eigenvalue weighted by atomic mass is 10.0. The molecular formula is C41H53N9O10. The molecule has 3 aliphatic heterocycles. The zero-order valence-corrected chi connectivity index (χ0v) is 34.3. The number of nitrogens with zero attached hydrogens (tertiary/aromatic N) is 5. The van der Waals surface area contributed by atoms with Crippen molar-refractivity contribution in [3.63, 3.8) is 0 Å². The van der Waals surface area contributed by atoms with E-state index in [9.17, 15) is 24.0 Å². The molecule has 322 valence electrons. The summed E-state index contributed by atoms with van der Waals surface area (Å²) in [4.78, 5) is 77.3. The molecule has 6 rings (SSSR count). The van der Waals surface area contributed by atoms with E-state index < -0.39 is 29.7 Å². The van der Waals surface area contributed by atoms with Crippen LogP contribution in [0.25, 0.3) is 0 Å². The molecule has 0 spiro atoms. The lowest BCUT2D eigenvalue weighted by Gasteiger charge is -2.34. The Balaban J connectivity index is 0.766. The molecule has 2 fully saturated rings. The van der Waals surface area contributed by atoms with E-state index in [4.69, 9.17) is 23.7 Å². The van der Waals surface area contributed by atoms with E-state index in [0.717, 1.165) is 35.9 Å². The number of piperazine rings is 1. The van der Waals surface area contributed by atoms with Gasteiger partial charge in [0.2, 0.25) is 17.8 Å². The summed E-state index contributed by atoms with van der Waals surface area (Å²) in [6.07, 6.45) is 1.89. The number of fused-ring (bicyclic) bond motifs is 1. The first-order valence-corrected chi connectivity index (χ1v) is 20.1. The van der Waals surface area contributed by atoms with Crippen molar-refractivity contribution in [2.75, 3.05) is 122 Å². The first-order valence-electron chi connectivity index (χ1n) is 20.1. The van der Waals surface area contributed by atoms with Crippen LogP contribution in [0.2, 0.25) is 0 Å². The van der Waals surface area contributed by atoms with Crippen molar-refractivity contribution in [2.45, 2.75) is 25.8 Å². The van der Waals surface area contributed by atoms with E-state index in [1.165, 1.54) is 0 Å². The van der Waals surface area contributed by atoms with Crippen LogP contribution in [0.15, 0.2) is 42.6 Å². The number of amides is 5. The van der Waals surface area contributed by atoms with Crippen LogP contribution in [0.5, 0.6) is 5.75 Å². The Bertz CT molecular complexity index is 2010. The van der Waals surface area contributed by atoms with Gasteiger partial charge in [-0.3, -0.25) is 39.1 Å². The maximum Gasteiger partial charge on any atom is 0.264 e. The van der Waals surface area contributed by atoms with Crippen LogP contribution in [0.4, 0.5) is 23.1 Å². The predicted molar refractivity (Wildman–Crippen MR) is 220 cm³/mol. The monoisotopic (exact) mass is 831 g/mol. The maximum atomic E-state index is 13.3. The van der Waals surface area contributed by atoms with Crippen molar-refractivity contribution in [3.8, 4) is 5.75 Å². The summed E-state index contributed by atoms with van der Waals surface area (Å²) in [5.74, 6) is -0.557. The van der Waals surface area contributed by atoms with Gasteiger partial charge in [0.25, 0.3) is 17.7 Å². The third-order valence-corrected chi connectivity index (χ3v) is 10.3. The fraction of sp³-hybridized carbons (Fsp3) is 0.488. The molecule has 2 aromatic carbocycles. The van der Waals surface area contributed by atoms with Crippen LogP contribution in [-0.4, -0.2) is 167 Å². The Hall–Kier alpha value is -5.73. The minimum Gasteiger partial charge on any atom is -0.495 e. The second-order valence-electron chi connectivity index (χ2n) is 14.2. The number of aryl methyl sites for hydroxylation is 1. The number of rotatable bonds is 22. The van der Waals surface area contributed by atoms with Gasteiger partial charge in [-0.2, -0.15) is 4.98 Å². The summed E-state index contributed by atoms with van der Waals surface area (Å²) < 4.78 is 28.1. The lowest BCUT2D eigenvalue weighted by molar-refractivity contribution is -0.136. The number of imide groups is 2. The number of hydrogen-bond donors (Lipinski definition) is 4. The molecule has 0 saturated carbocycles. The van der Waals surface area contributed by atoms with Gasteiger partial charge in [0, 0.05) is 75.7 Å². The number of methoxy groups -OCH3 is 1. The van der Waals surface area contributed by atoms with Crippen LogP contribution in [0, 0.1) is 6.92 Å². The van der Waals surface area contributed by atoms with Gasteiger partial charge in [0.15, 0.2) is 0 Å². The normalized spacial score (nSPS) is 16.8. The molecule has 0 aliphatic carbocycles. The Morgan fingerprint density at radius 2 is 1.57 bits per heavy atom. The zero-order valence-electron chi connectivity index (χ0n) is 34.3. The van der Waals surface area contributed by atoms with Crippen molar-refractivity contribution in [1.82, 2.24) is 30.0 Å². The molecule has 1 unspecified atom stereocenters. The molecule has 19 nitrogen and oxygen atoms in total. The number of aromatic nitrogens is 2. The number of nitrogens with one attached hydrogen (secondary N) is 4. The van der Waals surface area contributed by atoms with E-state index in [-0.39, 0.29) is 29.9 Å². The number of benzene rings is 2. The van der Waals surface area contributed by atoms with Crippen LogP contribution < -0.4 is 26.0 Å². The summed E-state index contributed by atoms with van der Waals surface area (Å²) in [5.41, 5.74) is 3.04. The largest absolute Gasteiger partial charge is 0.495 e. The minimum absolute atomic E-state index is 0.0451. The maximum absolute atomic E-state index is 13.3. The quantitative estimate of drug-likeness (QED) is 0.0841. The SMILES string of the molecule is CNc1nc(Nc2ccc(C(=O)N3CCN(CCOCCOCCOCCOCCNc4cccc5c4C(=O)N(C4CCC(=O)NC4=O)C5=O)CC3)cc2OC)ncc1C. The van der Waals surface area contributed by atoms with Gasteiger partial charge in [-0.25, -0.2) is 4.98 Å². The fourth-order valence-corrected chi connectivity index (χ4v) is 7.04. The zero-order chi connectivity index (χ0) is 42.4. The molecule has 60 heavy (non-hydrogen) atoms. The van der Waals surface area contributed by atoms with E-state index in [1.54, 1.807) is 56.8 Å². The third-order valence-electron chi connectivity index (χ3n) is 10.3. The van der Waals surface area contributed by atoms with Crippen molar-refractivity contribution in [2.24, 2.45) is 0 Å². The highest BCUT2D eigenvalue weighted by atomic mass is 16.6. The summed E-state index contributed by atoms with van der Waals surface area (Å²) in [7, 11) is 3.37. The summed E-state index contributed by atoms with van der Waals surface area (Å²) in [6.45, 7) is 9.20. The summed E-state index contributed by atoms with van der Waals surface area (Å²) in [6, 6.07) is 9.22. The Morgan fingerprint density at radius 1 is 0.867 bits per heavy atom. The molecule has 3 aromatic rings. The molecular weight excluding hydrogens is 779 g/mol. The van der Waals surface area contributed by atoms with Crippen LogP contribution in [0.3, 0.4) is 0 Å². The topological polar surface area (TPSA) is 215 Å².